The van der Waals surface area contributed by atoms with Crippen LogP contribution in [0.15, 0.2) is 28.7 Å². The zero-order valence-corrected chi connectivity index (χ0v) is 9.82. The molecule has 0 aliphatic rings. The van der Waals surface area contributed by atoms with Crippen molar-refractivity contribution in [3.63, 3.8) is 0 Å². The van der Waals surface area contributed by atoms with Gasteiger partial charge in [-0.2, -0.15) is 0 Å². The molecule has 16 heavy (non-hydrogen) atoms. The van der Waals surface area contributed by atoms with Gasteiger partial charge in [-0.15, -0.1) is 0 Å². The van der Waals surface area contributed by atoms with E-state index in [2.05, 4.69) is 18.8 Å². The van der Waals surface area contributed by atoms with Crippen molar-refractivity contribution in [1.82, 2.24) is 4.98 Å². The molecule has 3 heteroatoms. The number of nitrogen functional groups attached to an aromatic ring is 1. The Labute approximate surface area is 95.3 Å². The predicted octanol–water partition coefficient (Wildman–Crippen LogP) is 3.36. The second-order valence-corrected chi connectivity index (χ2v) is 4.19. The van der Waals surface area contributed by atoms with E-state index in [9.17, 15) is 0 Å². The molecular weight excluding hydrogens is 200 g/mol. The monoisotopic (exact) mass is 216 g/mol. The number of para-hydroxylation sites is 1. The molecule has 0 unspecified atom stereocenters. The molecule has 0 saturated carbocycles. The molecule has 0 atom stereocenters. The van der Waals surface area contributed by atoms with Crippen LogP contribution in [-0.2, 0) is 0 Å². The van der Waals surface area contributed by atoms with Crippen LogP contribution in [0.2, 0.25) is 0 Å². The molecule has 1 aromatic heterocycles. The van der Waals surface area contributed by atoms with Gasteiger partial charge in [0.1, 0.15) is 11.5 Å². The van der Waals surface area contributed by atoms with E-state index in [-0.39, 0.29) is 0 Å². The Morgan fingerprint density at radius 2 is 1.94 bits per heavy atom. The van der Waals surface area contributed by atoms with Crippen LogP contribution in [0.25, 0.3) is 11.3 Å². The quantitative estimate of drug-likeness (QED) is 0.783. The summed E-state index contributed by atoms with van der Waals surface area (Å²) >= 11 is 0. The third-order valence-electron chi connectivity index (χ3n) is 2.50. The van der Waals surface area contributed by atoms with Gasteiger partial charge in [-0.1, -0.05) is 32.0 Å². The molecule has 0 saturated heterocycles. The number of aryl methyl sites for hydroxylation is 1. The van der Waals surface area contributed by atoms with Crippen molar-refractivity contribution in [1.29, 1.82) is 0 Å². The van der Waals surface area contributed by atoms with E-state index >= 15 is 0 Å². The fourth-order valence-corrected chi connectivity index (χ4v) is 1.74. The Morgan fingerprint density at radius 3 is 2.56 bits per heavy atom. The van der Waals surface area contributed by atoms with Gasteiger partial charge in [0.25, 0.3) is 0 Å². The Bertz CT molecular complexity index is 500. The summed E-state index contributed by atoms with van der Waals surface area (Å²) in [5, 5.41) is 0. The highest BCUT2D eigenvalue weighted by molar-refractivity contribution is 5.75. The first-order chi connectivity index (χ1) is 7.59. The second kappa shape index (κ2) is 4.00. The first-order valence-electron chi connectivity index (χ1n) is 5.41. The maximum atomic E-state index is 5.95. The van der Waals surface area contributed by atoms with Gasteiger partial charge in [-0.25, -0.2) is 4.98 Å². The van der Waals surface area contributed by atoms with E-state index < -0.39 is 0 Å². The Morgan fingerprint density at radius 1 is 1.25 bits per heavy atom. The number of nitrogens with two attached hydrogens (primary N) is 1. The van der Waals surface area contributed by atoms with Crippen LogP contribution < -0.4 is 5.73 Å². The highest BCUT2D eigenvalue weighted by Gasteiger charge is 2.17. The van der Waals surface area contributed by atoms with Crippen LogP contribution in [0.4, 0.5) is 5.69 Å². The van der Waals surface area contributed by atoms with Gasteiger partial charge < -0.3 is 10.2 Å². The van der Waals surface area contributed by atoms with E-state index in [0.29, 0.717) is 11.8 Å². The minimum absolute atomic E-state index is 0.302. The molecule has 84 valence electrons. The van der Waals surface area contributed by atoms with Gasteiger partial charge in [0, 0.05) is 24.1 Å². The molecule has 2 aromatic rings. The number of benzene rings is 1. The summed E-state index contributed by atoms with van der Waals surface area (Å²) in [6, 6.07) is 7.72. The lowest BCUT2D eigenvalue weighted by Crippen LogP contribution is -1.93. The van der Waals surface area contributed by atoms with Gasteiger partial charge in [-0.3, -0.25) is 0 Å². The van der Waals surface area contributed by atoms with Gasteiger partial charge in [0.05, 0.1) is 0 Å². The zero-order chi connectivity index (χ0) is 11.7. The highest BCUT2D eigenvalue weighted by atomic mass is 16.4. The lowest BCUT2D eigenvalue weighted by Gasteiger charge is -2.06. The Hall–Kier alpha value is -1.77. The maximum absolute atomic E-state index is 5.95. The van der Waals surface area contributed by atoms with Crippen molar-refractivity contribution in [3.8, 4) is 11.3 Å². The van der Waals surface area contributed by atoms with E-state index in [1.165, 1.54) is 0 Å². The average Bonchev–Trinajstić information content (AvgIpc) is 2.61. The average molecular weight is 216 g/mol. The van der Waals surface area contributed by atoms with Crippen molar-refractivity contribution >= 4 is 5.69 Å². The van der Waals surface area contributed by atoms with E-state index in [0.717, 1.165) is 22.7 Å². The summed E-state index contributed by atoms with van der Waals surface area (Å²) in [5.74, 6) is 1.88. The fraction of sp³-hybridized carbons (Fsp3) is 0.308. The summed E-state index contributed by atoms with van der Waals surface area (Å²) in [4.78, 5) is 4.42. The Kier molecular flexibility index (Phi) is 2.69. The SMILES string of the molecule is Cc1nc(-c2ccccc2N)c(C(C)C)o1. The van der Waals surface area contributed by atoms with Crippen molar-refractivity contribution in [2.45, 2.75) is 26.7 Å². The molecule has 0 aliphatic heterocycles. The zero-order valence-electron chi connectivity index (χ0n) is 9.82. The third kappa shape index (κ3) is 1.81. The lowest BCUT2D eigenvalue weighted by atomic mass is 10.0. The number of hydrogen-bond acceptors (Lipinski definition) is 3. The minimum Gasteiger partial charge on any atom is -0.445 e. The highest BCUT2D eigenvalue weighted by Crippen LogP contribution is 2.32. The van der Waals surface area contributed by atoms with E-state index in [1.54, 1.807) is 0 Å². The number of hydrogen-bond donors (Lipinski definition) is 1. The summed E-state index contributed by atoms with van der Waals surface area (Å²) in [6.45, 7) is 6.03. The number of nitrogens with zero attached hydrogens (tertiary/aromatic N) is 1. The van der Waals surface area contributed by atoms with Crippen LogP contribution in [0.3, 0.4) is 0 Å². The lowest BCUT2D eigenvalue weighted by molar-refractivity contribution is 0.457. The van der Waals surface area contributed by atoms with Crippen LogP contribution in [0, 0.1) is 6.92 Å². The predicted molar refractivity (Wildman–Crippen MR) is 65.2 cm³/mol. The van der Waals surface area contributed by atoms with Crippen LogP contribution in [-0.4, -0.2) is 4.98 Å². The molecule has 1 heterocycles. The molecule has 0 spiro atoms. The van der Waals surface area contributed by atoms with Crippen molar-refractivity contribution < 1.29 is 4.42 Å². The topological polar surface area (TPSA) is 52.0 Å². The van der Waals surface area contributed by atoms with Crippen LogP contribution >= 0.6 is 0 Å². The van der Waals surface area contributed by atoms with E-state index in [1.807, 2.05) is 31.2 Å². The van der Waals surface area contributed by atoms with Crippen molar-refractivity contribution in [3.05, 3.63) is 35.9 Å². The molecule has 2 rings (SSSR count). The Balaban J connectivity index is 2.60. The molecule has 0 bridgehead atoms. The maximum Gasteiger partial charge on any atom is 0.191 e. The van der Waals surface area contributed by atoms with Crippen LogP contribution in [0.5, 0.6) is 0 Å². The molecule has 0 radical (unpaired) electrons. The smallest absolute Gasteiger partial charge is 0.191 e. The summed E-state index contributed by atoms with van der Waals surface area (Å²) < 4.78 is 5.62. The molecule has 0 amide bonds. The normalized spacial score (nSPS) is 11.0. The standard InChI is InChI=1S/C13H16N2O/c1-8(2)13-12(15-9(3)16-13)10-6-4-5-7-11(10)14/h4-8H,14H2,1-3H3. The van der Waals surface area contributed by atoms with E-state index in [4.69, 9.17) is 10.2 Å². The molecule has 1 aromatic carbocycles. The number of aromatic nitrogens is 1. The largest absolute Gasteiger partial charge is 0.445 e. The first-order valence-corrected chi connectivity index (χ1v) is 5.41. The van der Waals surface area contributed by atoms with Gasteiger partial charge >= 0.3 is 0 Å². The number of anilines is 1. The van der Waals surface area contributed by atoms with Crippen molar-refractivity contribution in [2.75, 3.05) is 5.73 Å². The third-order valence-corrected chi connectivity index (χ3v) is 2.50. The minimum atomic E-state index is 0.302. The molecule has 3 nitrogen and oxygen atoms in total. The second-order valence-electron chi connectivity index (χ2n) is 4.19. The van der Waals surface area contributed by atoms with Gasteiger partial charge in [0.15, 0.2) is 5.89 Å². The molecule has 0 aliphatic carbocycles. The number of rotatable bonds is 2. The number of oxazole rings is 1. The molecular formula is C13H16N2O. The van der Waals surface area contributed by atoms with Crippen molar-refractivity contribution in [2.24, 2.45) is 0 Å². The summed E-state index contributed by atoms with van der Waals surface area (Å²) in [6.07, 6.45) is 0. The first kappa shape index (κ1) is 10.7. The van der Waals surface area contributed by atoms with Gasteiger partial charge in [-0.05, 0) is 6.07 Å². The summed E-state index contributed by atoms with van der Waals surface area (Å²) in [5.41, 5.74) is 8.50. The molecule has 2 N–H and O–H groups in total. The van der Waals surface area contributed by atoms with Crippen LogP contribution in [0.1, 0.15) is 31.4 Å². The van der Waals surface area contributed by atoms with Gasteiger partial charge in [0.2, 0.25) is 0 Å². The fourth-order valence-electron chi connectivity index (χ4n) is 1.74. The summed E-state index contributed by atoms with van der Waals surface area (Å²) in [7, 11) is 0. The molecule has 0 fully saturated rings.